The largest absolute Gasteiger partial charge is 0.507 e. The van der Waals surface area contributed by atoms with Gasteiger partial charge in [0.05, 0.1) is 5.69 Å². The molecular formula is C24H21N5O2. The predicted octanol–water partition coefficient (Wildman–Crippen LogP) is 3.62. The Hall–Kier alpha value is -4.00. The summed E-state index contributed by atoms with van der Waals surface area (Å²) in [6, 6.07) is 16.9. The van der Waals surface area contributed by atoms with E-state index < -0.39 is 0 Å². The first-order chi connectivity index (χ1) is 15.1. The van der Waals surface area contributed by atoms with Crippen LogP contribution in [0.5, 0.6) is 5.75 Å². The molecule has 31 heavy (non-hydrogen) atoms. The second kappa shape index (κ2) is 7.68. The third-order valence-corrected chi connectivity index (χ3v) is 5.85. The van der Waals surface area contributed by atoms with Crippen LogP contribution in [-0.2, 0) is 4.79 Å². The number of carbonyl (C=O) groups is 1. The Bertz CT molecular complexity index is 1270. The summed E-state index contributed by atoms with van der Waals surface area (Å²) in [5.74, 6) is 0.183. The molecule has 0 aliphatic carbocycles. The van der Waals surface area contributed by atoms with E-state index in [4.69, 9.17) is 0 Å². The molecule has 154 valence electrons. The maximum Gasteiger partial charge on any atom is 0.245 e. The second-order valence-electron chi connectivity index (χ2n) is 7.69. The highest BCUT2D eigenvalue weighted by atomic mass is 16.3. The second-order valence-corrected chi connectivity index (χ2v) is 7.69. The number of benzene rings is 1. The summed E-state index contributed by atoms with van der Waals surface area (Å²) in [6.07, 6.45) is 3.13. The summed E-state index contributed by atoms with van der Waals surface area (Å²) < 4.78 is 0. The number of phenolic OH excluding ortho intramolecular Hbond substituents is 1. The van der Waals surface area contributed by atoms with Gasteiger partial charge in [-0.05, 0) is 42.5 Å². The molecule has 1 amide bonds. The molecule has 4 aromatic rings. The molecule has 0 spiro atoms. The molecule has 1 saturated heterocycles. The van der Waals surface area contributed by atoms with Crippen LogP contribution in [0.25, 0.3) is 22.3 Å². The van der Waals surface area contributed by atoms with Crippen LogP contribution in [0, 0.1) is 0 Å². The molecule has 3 aromatic heterocycles. The van der Waals surface area contributed by atoms with Crippen molar-refractivity contribution in [1.82, 2.24) is 25.1 Å². The van der Waals surface area contributed by atoms with Gasteiger partial charge in [-0.3, -0.25) is 9.78 Å². The third kappa shape index (κ3) is 3.44. The molecule has 7 heteroatoms. The fourth-order valence-corrected chi connectivity index (χ4v) is 4.30. The topological polar surface area (TPSA) is 95.0 Å². The number of phenols is 1. The molecule has 0 saturated carbocycles. The van der Waals surface area contributed by atoms with Gasteiger partial charge in [0.25, 0.3) is 0 Å². The van der Waals surface area contributed by atoms with Crippen LogP contribution >= 0.6 is 0 Å². The predicted molar refractivity (Wildman–Crippen MR) is 117 cm³/mol. The average Bonchev–Trinajstić information content (AvgIpc) is 3.43. The SMILES string of the molecule is C=CC(=O)N1CC(c2ccccn2)C(c2cc3cc(-c4ccccc4O)nnc3[nH]2)C1. The van der Waals surface area contributed by atoms with Crippen molar-refractivity contribution >= 4 is 16.9 Å². The molecule has 1 aliphatic rings. The van der Waals surface area contributed by atoms with Crippen molar-refractivity contribution in [3.63, 3.8) is 0 Å². The number of hydrogen-bond acceptors (Lipinski definition) is 5. The summed E-state index contributed by atoms with van der Waals surface area (Å²) in [5.41, 5.74) is 3.84. The highest BCUT2D eigenvalue weighted by Gasteiger charge is 2.38. The summed E-state index contributed by atoms with van der Waals surface area (Å²) in [5, 5.41) is 19.7. The first-order valence-electron chi connectivity index (χ1n) is 10.1. The Balaban J connectivity index is 1.54. The molecule has 1 aromatic carbocycles. The van der Waals surface area contributed by atoms with E-state index in [1.165, 1.54) is 6.08 Å². The minimum absolute atomic E-state index is 0.0431. The van der Waals surface area contributed by atoms with Gasteiger partial charge in [-0.25, -0.2) is 0 Å². The smallest absolute Gasteiger partial charge is 0.245 e. The number of aromatic nitrogens is 4. The standard InChI is InChI=1S/C24H21N5O2/c1-2-23(31)29-13-17(19-8-5-6-10-25-19)18(14-29)20-11-15-12-21(27-28-24(15)26-20)16-7-3-4-9-22(16)30/h2-12,17-18,30H,1,13-14H2,(H,26,28). The van der Waals surface area contributed by atoms with Crippen molar-refractivity contribution in [2.45, 2.75) is 11.8 Å². The Labute approximate surface area is 179 Å². The highest BCUT2D eigenvalue weighted by Crippen LogP contribution is 2.39. The minimum atomic E-state index is -0.0822. The van der Waals surface area contributed by atoms with E-state index in [1.54, 1.807) is 18.3 Å². The Morgan fingerprint density at radius 1 is 1.10 bits per heavy atom. The van der Waals surface area contributed by atoms with Crippen molar-refractivity contribution in [1.29, 1.82) is 0 Å². The number of aromatic hydroxyl groups is 1. The van der Waals surface area contributed by atoms with Gasteiger partial charge in [0, 0.05) is 53.5 Å². The van der Waals surface area contributed by atoms with Crippen LogP contribution < -0.4 is 0 Å². The number of pyridine rings is 1. The van der Waals surface area contributed by atoms with E-state index in [-0.39, 0.29) is 23.5 Å². The molecule has 2 unspecified atom stereocenters. The van der Waals surface area contributed by atoms with Crippen LogP contribution in [0.1, 0.15) is 23.2 Å². The Morgan fingerprint density at radius 2 is 1.90 bits per heavy atom. The van der Waals surface area contributed by atoms with Crippen molar-refractivity contribution in [3.05, 3.63) is 84.8 Å². The van der Waals surface area contributed by atoms with Crippen molar-refractivity contribution in [2.75, 3.05) is 13.1 Å². The zero-order chi connectivity index (χ0) is 21.4. The zero-order valence-corrected chi connectivity index (χ0v) is 16.8. The number of hydrogen-bond donors (Lipinski definition) is 2. The molecular weight excluding hydrogens is 390 g/mol. The van der Waals surface area contributed by atoms with Crippen molar-refractivity contribution < 1.29 is 9.90 Å². The summed E-state index contributed by atoms with van der Waals surface area (Å²) in [7, 11) is 0. The lowest BCUT2D eigenvalue weighted by Crippen LogP contribution is -2.26. The molecule has 0 radical (unpaired) electrons. The highest BCUT2D eigenvalue weighted by molar-refractivity contribution is 5.87. The number of likely N-dealkylation sites (tertiary alicyclic amines) is 1. The fourth-order valence-electron chi connectivity index (χ4n) is 4.30. The molecule has 4 heterocycles. The number of rotatable bonds is 4. The summed E-state index contributed by atoms with van der Waals surface area (Å²) >= 11 is 0. The number of para-hydroxylation sites is 1. The van der Waals surface area contributed by atoms with Crippen LogP contribution in [0.3, 0.4) is 0 Å². The molecule has 1 aliphatic heterocycles. The van der Waals surface area contributed by atoms with Crippen molar-refractivity contribution in [3.8, 4) is 17.0 Å². The first kappa shape index (κ1) is 19.0. The van der Waals surface area contributed by atoms with E-state index >= 15 is 0 Å². The van der Waals surface area contributed by atoms with Gasteiger partial charge < -0.3 is 15.0 Å². The van der Waals surface area contributed by atoms with Gasteiger partial charge in [0.15, 0.2) is 5.65 Å². The molecule has 5 rings (SSSR count). The number of aromatic amines is 1. The van der Waals surface area contributed by atoms with E-state index in [0.717, 1.165) is 16.8 Å². The first-order valence-corrected chi connectivity index (χ1v) is 10.1. The molecule has 2 atom stereocenters. The number of nitrogens with one attached hydrogen (secondary N) is 1. The van der Waals surface area contributed by atoms with Gasteiger partial charge in [0.1, 0.15) is 5.75 Å². The van der Waals surface area contributed by atoms with E-state index in [2.05, 4.69) is 32.8 Å². The Morgan fingerprint density at radius 3 is 2.68 bits per heavy atom. The number of amides is 1. The number of nitrogens with zero attached hydrogens (tertiary/aromatic N) is 4. The van der Waals surface area contributed by atoms with E-state index in [1.807, 2.05) is 41.3 Å². The van der Waals surface area contributed by atoms with Gasteiger partial charge in [-0.2, -0.15) is 0 Å². The lowest BCUT2D eigenvalue weighted by atomic mass is 9.90. The van der Waals surface area contributed by atoms with Gasteiger partial charge >= 0.3 is 0 Å². The van der Waals surface area contributed by atoms with Gasteiger partial charge in [-0.1, -0.05) is 24.8 Å². The molecule has 1 fully saturated rings. The maximum absolute atomic E-state index is 12.3. The monoisotopic (exact) mass is 411 g/mol. The number of fused-ring (bicyclic) bond motifs is 1. The maximum atomic E-state index is 12.3. The van der Waals surface area contributed by atoms with E-state index in [9.17, 15) is 9.90 Å². The minimum Gasteiger partial charge on any atom is -0.507 e. The molecule has 7 nitrogen and oxygen atoms in total. The zero-order valence-electron chi connectivity index (χ0n) is 16.8. The number of H-pyrrole nitrogens is 1. The summed E-state index contributed by atoms with van der Waals surface area (Å²) in [6.45, 7) is 4.78. The normalized spacial score (nSPS) is 18.4. The summed E-state index contributed by atoms with van der Waals surface area (Å²) in [4.78, 5) is 22.0. The average molecular weight is 411 g/mol. The van der Waals surface area contributed by atoms with Crippen LogP contribution in [-0.4, -0.2) is 49.2 Å². The van der Waals surface area contributed by atoms with Crippen LogP contribution in [0.15, 0.2) is 73.4 Å². The quantitative estimate of drug-likeness (QED) is 0.500. The lowest BCUT2D eigenvalue weighted by Gasteiger charge is -2.16. The molecule has 0 bridgehead atoms. The van der Waals surface area contributed by atoms with Crippen LogP contribution in [0.4, 0.5) is 0 Å². The van der Waals surface area contributed by atoms with E-state index in [0.29, 0.717) is 30.0 Å². The van der Waals surface area contributed by atoms with Crippen molar-refractivity contribution in [2.24, 2.45) is 0 Å². The van der Waals surface area contributed by atoms with Crippen LogP contribution in [0.2, 0.25) is 0 Å². The third-order valence-electron chi connectivity index (χ3n) is 5.85. The van der Waals surface area contributed by atoms with Gasteiger partial charge in [0.2, 0.25) is 5.91 Å². The molecule has 2 N–H and O–H groups in total. The Kier molecular flexibility index (Phi) is 4.71. The lowest BCUT2D eigenvalue weighted by molar-refractivity contribution is -0.125. The number of carbonyl (C=O) groups excluding carboxylic acids is 1. The fraction of sp³-hybridized carbons (Fsp3) is 0.167. The van der Waals surface area contributed by atoms with Gasteiger partial charge in [-0.15, -0.1) is 10.2 Å².